The molecule has 0 spiro atoms. The summed E-state index contributed by atoms with van der Waals surface area (Å²) in [4.78, 5) is 15.2. The minimum absolute atomic E-state index is 0.249. The van der Waals surface area contributed by atoms with Gasteiger partial charge in [0.2, 0.25) is 0 Å². The summed E-state index contributed by atoms with van der Waals surface area (Å²) in [5.74, 6) is -0.534. The summed E-state index contributed by atoms with van der Waals surface area (Å²) in [5.41, 5.74) is 3.76. The van der Waals surface area contributed by atoms with Crippen LogP contribution in [0.4, 0.5) is 14.5 Å². The lowest BCUT2D eigenvalue weighted by Gasteiger charge is -2.29. The lowest BCUT2D eigenvalue weighted by Crippen LogP contribution is -2.36. The normalized spacial score (nSPS) is 15.7. The molecule has 7 nitrogen and oxygen atoms in total. The Kier molecular flexibility index (Phi) is 5.54. The quantitative estimate of drug-likeness (QED) is 0.436. The van der Waals surface area contributed by atoms with E-state index in [1.54, 1.807) is 10.7 Å². The van der Waals surface area contributed by atoms with Crippen LogP contribution in [0, 0.1) is 11.6 Å². The minimum Gasteiger partial charge on any atom is -0.378 e. The molecule has 4 heterocycles. The first kappa shape index (κ1) is 21.5. The van der Waals surface area contributed by atoms with Gasteiger partial charge in [0.1, 0.15) is 24.3 Å². The van der Waals surface area contributed by atoms with E-state index in [1.807, 2.05) is 36.6 Å². The SMILES string of the molecule is Fc1cc(F)c(-c2ncnc3cc(N4CCOCC4)ccc23)cc1CC1=Cn2ncnc2C=CC1. The Morgan fingerprint density at radius 3 is 2.71 bits per heavy atom. The molecule has 0 aliphatic carbocycles. The maximum atomic E-state index is 15.0. The third kappa shape index (κ3) is 4.19. The average molecular weight is 472 g/mol. The highest BCUT2D eigenvalue weighted by Crippen LogP contribution is 2.32. The van der Waals surface area contributed by atoms with Crippen molar-refractivity contribution in [1.82, 2.24) is 24.7 Å². The number of hydrogen-bond acceptors (Lipinski definition) is 6. The second kappa shape index (κ2) is 8.99. The van der Waals surface area contributed by atoms with Crippen LogP contribution >= 0.6 is 0 Å². The highest BCUT2D eigenvalue weighted by molar-refractivity contribution is 5.94. The van der Waals surface area contributed by atoms with Gasteiger partial charge in [0.15, 0.2) is 5.82 Å². The highest BCUT2D eigenvalue weighted by Gasteiger charge is 2.18. The molecule has 0 atom stereocenters. The monoisotopic (exact) mass is 472 g/mol. The van der Waals surface area contributed by atoms with Crippen LogP contribution in [0.5, 0.6) is 0 Å². The molecule has 2 aromatic carbocycles. The number of hydrogen-bond donors (Lipinski definition) is 0. The molecular formula is C26H22F2N6O. The van der Waals surface area contributed by atoms with Crippen molar-refractivity contribution >= 4 is 28.9 Å². The standard InChI is InChI=1S/C26H22F2N6O/c27-22-13-23(28)21(11-18(22)10-17-2-1-3-25-30-16-32-34(25)14-17)26-20-5-4-19(12-24(20)29-15-31-26)33-6-8-35-9-7-33/h1,3-5,11-16H,2,6-10H2. The summed E-state index contributed by atoms with van der Waals surface area (Å²) in [7, 11) is 0. The Bertz CT molecular complexity index is 1470. The van der Waals surface area contributed by atoms with E-state index in [2.05, 4.69) is 25.0 Å². The Balaban J connectivity index is 1.37. The molecule has 2 aromatic heterocycles. The fourth-order valence-electron chi connectivity index (χ4n) is 4.57. The van der Waals surface area contributed by atoms with E-state index in [0.29, 0.717) is 54.0 Å². The van der Waals surface area contributed by atoms with Gasteiger partial charge < -0.3 is 9.64 Å². The molecule has 0 saturated carbocycles. The van der Waals surface area contributed by atoms with Gasteiger partial charge >= 0.3 is 0 Å². The van der Waals surface area contributed by atoms with Gasteiger partial charge in [-0.1, -0.05) is 6.08 Å². The van der Waals surface area contributed by atoms with Gasteiger partial charge in [0.25, 0.3) is 0 Å². The predicted octanol–water partition coefficient (Wildman–Crippen LogP) is 4.50. The van der Waals surface area contributed by atoms with Gasteiger partial charge in [-0.05, 0) is 54.3 Å². The molecule has 0 bridgehead atoms. The number of morpholine rings is 1. The largest absolute Gasteiger partial charge is 0.378 e. The lowest BCUT2D eigenvalue weighted by atomic mass is 9.97. The van der Waals surface area contributed by atoms with Crippen LogP contribution in [0.1, 0.15) is 17.8 Å². The summed E-state index contributed by atoms with van der Waals surface area (Å²) in [6, 6.07) is 8.37. The molecule has 1 saturated heterocycles. The van der Waals surface area contributed by atoms with E-state index in [1.165, 1.54) is 12.7 Å². The molecular weight excluding hydrogens is 450 g/mol. The number of fused-ring (bicyclic) bond motifs is 2. The smallest absolute Gasteiger partial charge is 0.154 e. The Morgan fingerprint density at radius 2 is 1.83 bits per heavy atom. The zero-order chi connectivity index (χ0) is 23.8. The van der Waals surface area contributed by atoms with Gasteiger partial charge in [-0.15, -0.1) is 0 Å². The first-order chi connectivity index (χ1) is 17.2. The number of benzene rings is 2. The van der Waals surface area contributed by atoms with Gasteiger partial charge in [-0.3, -0.25) is 0 Å². The molecule has 0 N–H and O–H groups in total. The van der Waals surface area contributed by atoms with Gasteiger partial charge in [-0.2, -0.15) is 5.10 Å². The minimum atomic E-state index is -0.656. The third-order valence-electron chi connectivity index (χ3n) is 6.36. The van der Waals surface area contributed by atoms with Crippen molar-refractivity contribution in [2.45, 2.75) is 12.8 Å². The van der Waals surface area contributed by atoms with Gasteiger partial charge in [-0.25, -0.2) is 28.4 Å². The molecule has 35 heavy (non-hydrogen) atoms. The van der Waals surface area contributed by atoms with Crippen LogP contribution in [-0.2, 0) is 11.2 Å². The van der Waals surface area contributed by atoms with Crippen molar-refractivity contribution in [3.05, 3.63) is 77.7 Å². The van der Waals surface area contributed by atoms with Crippen molar-refractivity contribution < 1.29 is 13.5 Å². The fraction of sp³-hybridized carbons (Fsp3) is 0.231. The number of aromatic nitrogens is 5. The number of rotatable bonds is 4. The predicted molar refractivity (Wildman–Crippen MR) is 130 cm³/mol. The first-order valence-corrected chi connectivity index (χ1v) is 11.5. The van der Waals surface area contributed by atoms with Crippen LogP contribution in [0.2, 0.25) is 0 Å². The molecule has 0 amide bonds. The molecule has 176 valence electrons. The second-order valence-corrected chi connectivity index (χ2v) is 8.58. The maximum absolute atomic E-state index is 15.0. The van der Waals surface area contributed by atoms with Crippen molar-refractivity contribution in [2.24, 2.45) is 0 Å². The number of ether oxygens (including phenoxy) is 1. The number of anilines is 1. The van der Waals surface area contributed by atoms with Crippen LogP contribution in [-0.4, -0.2) is 51.0 Å². The Hall–Kier alpha value is -3.98. The van der Waals surface area contributed by atoms with E-state index < -0.39 is 11.6 Å². The average Bonchev–Trinajstić information content (AvgIpc) is 3.23. The van der Waals surface area contributed by atoms with Crippen molar-refractivity contribution in [3.63, 3.8) is 0 Å². The van der Waals surface area contributed by atoms with Crippen LogP contribution in [0.25, 0.3) is 34.4 Å². The topological polar surface area (TPSA) is 69.0 Å². The van der Waals surface area contributed by atoms with E-state index in [0.717, 1.165) is 30.4 Å². The number of nitrogens with zero attached hydrogens (tertiary/aromatic N) is 6. The molecule has 6 rings (SSSR count). The number of halogens is 2. The summed E-state index contributed by atoms with van der Waals surface area (Å²) in [6.07, 6.45) is 9.52. The molecule has 4 aromatic rings. The summed E-state index contributed by atoms with van der Waals surface area (Å²) >= 11 is 0. The van der Waals surface area contributed by atoms with E-state index in [9.17, 15) is 4.39 Å². The molecule has 0 radical (unpaired) electrons. The molecule has 1 fully saturated rings. The van der Waals surface area contributed by atoms with Crippen LogP contribution in [0.3, 0.4) is 0 Å². The second-order valence-electron chi connectivity index (χ2n) is 8.58. The van der Waals surface area contributed by atoms with Crippen LogP contribution < -0.4 is 4.90 Å². The van der Waals surface area contributed by atoms with Crippen LogP contribution in [0.15, 0.2) is 54.6 Å². The van der Waals surface area contributed by atoms with Crippen molar-refractivity contribution in [1.29, 1.82) is 0 Å². The third-order valence-corrected chi connectivity index (χ3v) is 6.36. The number of allylic oxidation sites excluding steroid dienone is 2. The molecule has 9 heteroatoms. The molecule has 0 unspecified atom stereocenters. The zero-order valence-electron chi connectivity index (χ0n) is 18.9. The first-order valence-electron chi connectivity index (χ1n) is 11.5. The zero-order valence-corrected chi connectivity index (χ0v) is 18.9. The Labute approximate surface area is 200 Å². The molecule has 2 aliphatic heterocycles. The summed E-state index contributed by atoms with van der Waals surface area (Å²) < 4.78 is 37.0. The van der Waals surface area contributed by atoms with Gasteiger partial charge in [0.05, 0.1) is 24.4 Å². The summed E-state index contributed by atoms with van der Waals surface area (Å²) in [5, 5.41) is 4.89. The molecule has 2 aliphatic rings. The van der Waals surface area contributed by atoms with E-state index in [4.69, 9.17) is 4.74 Å². The van der Waals surface area contributed by atoms with Crippen molar-refractivity contribution in [3.8, 4) is 11.3 Å². The maximum Gasteiger partial charge on any atom is 0.154 e. The van der Waals surface area contributed by atoms with E-state index in [-0.39, 0.29) is 5.56 Å². The fourth-order valence-corrected chi connectivity index (χ4v) is 4.57. The van der Waals surface area contributed by atoms with Gasteiger partial charge in [0, 0.05) is 42.0 Å². The Morgan fingerprint density at radius 1 is 0.943 bits per heavy atom. The van der Waals surface area contributed by atoms with E-state index >= 15 is 4.39 Å². The lowest BCUT2D eigenvalue weighted by molar-refractivity contribution is 0.122. The summed E-state index contributed by atoms with van der Waals surface area (Å²) in [6.45, 7) is 2.98. The van der Waals surface area contributed by atoms with Crippen molar-refractivity contribution in [2.75, 3.05) is 31.2 Å². The highest BCUT2D eigenvalue weighted by atomic mass is 19.1.